The monoisotopic (exact) mass is 407 g/mol. The number of hydrogen-bond donors (Lipinski definition) is 3. The van der Waals surface area contributed by atoms with E-state index in [2.05, 4.69) is 21.4 Å². The fraction of sp³-hybridized carbons (Fsp3) is 0.176. The molecule has 0 aliphatic carbocycles. The van der Waals surface area contributed by atoms with Crippen molar-refractivity contribution in [3.8, 4) is 0 Å². The largest absolute Gasteiger partial charge is 0.271 e. The van der Waals surface area contributed by atoms with Crippen molar-refractivity contribution >= 4 is 41.0 Å². The third-order valence-electron chi connectivity index (χ3n) is 4.04. The molecule has 3 rings (SSSR count). The van der Waals surface area contributed by atoms with Gasteiger partial charge < -0.3 is 0 Å². The first-order valence-electron chi connectivity index (χ1n) is 7.97. The summed E-state index contributed by atoms with van der Waals surface area (Å²) in [5.74, 6) is -0.336. The van der Waals surface area contributed by atoms with Crippen LogP contribution in [0.5, 0.6) is 0 Å². The molecule has 3 N–H and O–H groups in total. The fourth-order valence-corrected chi connectivity index (χ4v) is 3.11. The topological polar surface area (TPSA) is 109 Å². The Balaban J connectivity index is 1.58. The van der Waals surface area contributed by atoms with E-state index in [-0.39, 0.29) is 17.6 Å². The van der Waals surface area contributed by atoms with Crippen LogP contribution >= 0.6 is 23.2 Å². The molecule has 140 valence electrons. The van der Waals surface area contributed by atoms with Crippen LogP contribution in [0.4, 0.5) is 5.69 Å². The maximum Gasteiger partial charge on any atom is 0.269 e. The lowest BCUT2D eigenvalue weighted by atomic mass is 10.0. The molecule has 10 heteroatoms. The fourth-order valence-electron chi connectivity index (χ4n) is 2.65. The van der Waals surface area contributed by atoms with Gasteiger partial charge in [0, 0.05) is 28.8 Å². The van der Waals surface area contributed by atoms with E-state index in [9.17, 15) is 14.9 Å². The summed E-state index contributed by atoms with van der Waals surface area (Å²) >= 11 is 11.9. The van der Waals surface area contributed by atoms with Gasteiger partial charge in [-0.25, -0.2) is 16.3 Å². The minimum atomic E-state index is -0.535. The Morgan fingerprint density at radius 1 is 1.26 bits per heavy atom. The van der Waals surface area contributed by atoms with Crippen molar-refractivity contribution in [2.75, 3.05) is 0 Å². The Bertz CT molecular complexity index is 906. The van der Waals surface area contributed by atoms with Crippen molar-refractivity contribution in [2.24, 2.45) is 5.10 Å². The van der Waals surface area contributed by atoms with E-state index in [4.69, 9.17) is 23.2 Å². The minimum Gasteiger partial charge on any atom is -0.271 e. The van der Waals surface area contributed by atoms with Crippen LogP contribution in [-0.4, -0.2) is 23.1 Å². The Hall–Kier alpha value is -2.52. The summed E-state index contributed by atoms with van der Waals surface area (Å²) in [7, 11) is 0. The number of nitrogens with zero attached hydrogens (tertiary/aromatic N) is 2. The van der Waals surface area contributed by atoms with E-state index < -0.39 is 11.0 Å². The average Bonchev–Trinajstić information content (AvgIpc) is 3.14. The number of hydrogen-bond acceptors (Lipinski definition) is 6. The molecule has 0 bridgehead atoms. The third kappa shape index (κ3) is 4.81. The molecule has 27 heavy (non-hydrogen) atoms. The second-order valence-electron chi connectivity index (χ2n) is 5.88. The van der Waals surface area contributed by atoms with Crippen LogP contribution in [0.1, 0.15) is 23.6 Å². The van der Waals surface area contributed by atoms with Gasteiger partial charge in [-0.05, 0) is 24.1 Å². The lowest BCUT2D eigenvalue weighted by Crippen LogP contribution is -2.41. The Morgan fingerprint density at radius 3 is 2.81 bits per heavy atom. The Morgan fingerprint density at radius 2 is 2.07 bits per heavy atom. The van der Waals surface area contributed by atoms with Gasteiger partial charge in [0.25, 0.3) is 11.6 Å². The summed E-state index contributed by atoms with van der Waals surface area (Å²) in [6.45, 7) is 0. The van der Waals surface area contributed by atoms with E-state index >= 15 is 0 Å². The maximum absolute atomic E-state index is 12.2. The lowest BCUT2D eigenvalue weighted by Gasteiger charge is -2.09. The van der Waals surface area contributed by atoms with Gasteiger partial charge in [0.2, 0.25) is 0 Å². The number of non-ortho nitro benzene ring substituents is 1. The zero-order valence-corrected chi connectivity index (χ0v) is 15.4. The average molecular weight is 408 g/mol. The number of nitro benzene ring substituents is 1. The number of hydrazone groups is 1. The van der Waals surface area contributed by atoms with Gasteiger partial charge in [0.15, 0.2) is 0 Å². The number of amides is 1. The van der Waals surface area contributed by atoms with Gasteiger partial charge in [-0.1, -0.05) is 41.4 Å². The number of benzene rings is 2. The number of carbonyl (C=O) groups excluding carboxylic acids is 1. The molecule has 2 atom stereocenters. The molecule has 0 radical (unpaired) electrons. The molecule has 1 amide bonds. The zero-order valence-electron chi connectivity index (χ0n) is 13.9. The van der Waals surface area contributed by atoms with E-state index in [1.165, 1.54) is 18.3 Å². The minimum absolute atomic E-state index is 0.00615. The number of carbonyl (C=O) groups is 1. The highest BCUT2D eigenvalue weighted by molar-refractivity contribution is 6.36. The maximum atomic E-state index is 12.2. The smallest absolute Gasteiger partial charge is 0.269 e. The molecule has 1 aliphatic heterocycles. The summed E-state index contributed by atoms with van der Waals surface area (Å²) in [5.41, 5.74) is 9.64. The molecule has 0 aromatic heterocycles. The number of nitrogens with one attached hydrogen (secondary N) is 3. The van der Waals surface area contributed by atoms with Gasteiger partial charge in [0.05, 0.1) is 16.2 Å². The van der Waals surface area contributed by atoms with Gasteiger partial charge in [0.1, 0.15) is 6.04 Å². The van der Waals surface area contributed by atoms with Crippen LogP contribution in [0, 0.1) is 10.1 Å². The van der Waals surface area contributed by atoms with Gasteiger partial charge in [-0.15, -0.1) is 0 Å². The predicted molar refractivity (Wildman–Crippen MR) is 103 cm³/mol. The lowest BCUT2D eigenvalue weighted by molar-refractivity contribution is -0.384. The first-order chi connectivity index (χ1) is 12.9. The number of nitro groups is 1. The molecular formula is C17H15Cl2N5O3. The van der Waals surface area contributed by atoms with E-state index in [1.54, 1.807) is 30.3 Å². The SMILES string of the molecule is O=C(N/N=C/c1ccc(Cl)cc1Cl)C1CC(c2cccc([N+](=O)[O-])c2)NN1. The van der Waals surface area contributed by atoms with Crippen LogP contribution in [0.25, 0.3) is 0 Å². The Labute approximate surface area is 164 Å². The highest BCUT2D eigenvalue weighted by Gasteiger charge is 2.30. The molecule has 1 saturated heterocycles. The second kappa shape index (κ2) is 8.45. The molecular weight excluding hydrogens is 393 g/mol. The molecule has 1 heterocycles. The van der Waals surface area contributed by atoms with Crippen LogP contribution < -0.4 is 16.3 Å². The summed E-state index contributed by atoms with van der Waals surface area (Å²) in [6, 6.07) is 10.5. The van der Waals surface area contributed by atoms with Gasteiger partial charge >= 0.3 is 0 Å². The summed E-state index contributed by atoms with van der Waals surface area (Å²) in [6.07, 6.45) is 1.85. The molecule has 2 unspecified atom stereocenters. The van der Waals surface area contributed by atoms with Crippen LogP contribution in [0.2, 0.25) is 10.0 Å². The van der Waals surface area contributed by atoms with Crippen molar-refractivity contribution < 1.29 is 9.72 Å². The van der Waals surface area contributed by atoms with Gasteiger partial charge in [-0.2, -0.15) is 5.10 Å². The van der Waals surface area contributed by atoms with Crippen molar-refractivity contribution in [3.05, 3.63) is 73.8 Å². The highest BCUT2D eigenvalue weighted by Crippen LogP contribution is 2.25. The summed E-state index contributed by atoms with van der Waals surface area (Å²) < 4.78 is 0. The van der Waals surface area contributed by atoms with Crippen molar-refractivity contribution in [1.29, 1.82) is 0 Å². The summed E-state index contributed by atoms with van der Waals surface area (Å²) in [4.78, 5) is 22.7. The van der Waals surface area contributed by atoms with E-state index in [0.29, 0.717) is 22.0 Å². The van der Waals surface area contributed by atoms with Crippen LogP contribution in [0.3, 0.4) is 0 Å². The summed E-state index contributed by atoms with van der Waals surface area (Å²) in [5, 5.41) is 15.7. The molecule has 0 saturated carbocycles. The molecule has 1 aliphatic rings. The molecule has 8 nitrogen and oxygen atoms in total. The first kappa shape index (κ1) is 19.2. The van der Waals surface area contributed by atoms with E-state index in [0.717, 1.165) is 5.56 Å². The number of hydrazine groups is 1. The number of halogens is 2. The standard InChI is InChI=1S/C17H15Cl2N5O3/c18-12-5-4-11(14(19)7-12)9-20-23-17(25)16-8-15(21-22-16)10-2-1-3-13(6-10)24(26)27/h1-7,9,15-16,21-22H,8H2,(H,23,25)/b20-9+. The second-order valence-corrected chi connectivity index (χ2v) is 6.73. The van der Waals surface area contributed by atoms with Crippen molar-refractivity contribution in [2.45, 2.75) is 18.5 Å². The quantitative estimate of drug-likeness (QED) is 0.401. The Kier molecular flexibility index (Phi) is 6.02. The van der Waals surface area contributed by atoms with Crippen LogP contribution in [0.15, 0.2) is 47.6 Å². The van der Waals surface area contributed by atoms with Crippen molar-refractivity contribution in [3.63, 3.8) is 0 Å². The molecule has 1 fully saturated rings. The zero-order chi connectivity index (χ0) is 19.4. The third-order valence-corrected chi connectivity index (χ3v) is 4.61. The van der Waals surface area contributed by atoms with Crippen molar-refractivity contribution in [1.82, 2.24) is 16.3 Å². The first-order valence-corrected chi connectivity index (χ1v) is 8.73. The van der Waals surface area contributed by atoms with Crippen LogP contribution in [-0.2, 0) is 4.79 Å². The van der Waals surface area contributed by atoms with Gasteiger partial charge in [-0.3, -0.25) is 14.9 Å². The van der Waals surface area contributed by atoms with E-state index in [1.807, 2.05) is 0 Å². The predicted octanol–water partition coefficient (Wildman–Crippen LogP) is 2.96. The highest BCUT2D eigenvalue weighted by atomic mass is 35.5. The molecule has 0 spiro atoms. The normalized spacial score (nSPS) is 19.3. The molecule has 2 aromatic rings. The molecule has 2 aromatic carbocycles. The number of rotatable bonds is 5.